The molecule has 0 amide bonds. The summed E-state index contributed by atoms with van der Waals surface area (Å²) in [6.07, 6.45) is 12.1. The van der Waals surface area contributed by atoms with Crippen molar-refractivity contribution in [3.05, 3.63) is 48.3 Å². The van der Waals surface area contributed by atoms with Gasteiger partial charge in [0.05, 0.1) is 83.4 Å². The third kappa shape index (κ3) is 6.55. The molecule has 0 spiro atoms. The molecule has 8 rings (SSSR count). The second-order valence-electron chi connectivity index (χ2n) is 12.6. The average molecular weight is 685 g/mol. The zero-order valence-electron chi connectivity index (χ0n) is 28.7. The van der Waals surface area contributed by atoms with E-state index in [4.69, 9.17) is 9.47 Å². The molecule has 50 heavy (non-hydrogen) atoms. The van der Waals surface area contributed by atoms with Crippen molar-refractivity contribution in [2.45, 2.75) is 90.5 Å². The van der Waals surface area contributed by atoms with Gasteiger partial charge >= 0.3 is 0 Å². The number of fused-ring (bicyclic) bond motifs is 2. The van der Waals surface area contributed by atoms with Gasteiger partial charge in [0.25, 0.3) is 0 Å². The molecular formula is C34H44N12O4. The minimum absolute atomic E-state index is 0.0429. The standard InChI is InChI=1S/2C17H22N6O2/c2*1-3-25-16-11-7-8-18-15(11)21-17(22-16)20-12-9-19-23(10(12)2)13-5-4-6-14(13)24/h2*7-9,13-14,24H,3-6H2,1-2H3,(H2,18,20,21,22). The first-order valence-electron chi connectivity index (χ1n) is 17.3. The fourth-order valence-electron chi connectivity index (χ4n) is 6.85. The molecule has 2 aliphatic carbocycles. The van der Waals surface area contributed by atoms with Crippen molar-refractivity contribution in [2.75, 3.05) is 23.8 Å². The predicted octanol–water partition coefficient (Wildman–Crippen LogP) is 5.38. The fraction of sp³-hybridized carbons (Fsp3) is 0.471. The maximum absolute atomic E-state index is 10.1. The van der Waals surface area contributed by atoms with Crippen molar-refractivity contribution in [3.63, 3.8) is 0 Å². The zero-order chi connectivity index (χ0) is 34.8. The molecular weight excluding hydrogens is 640 g/mol. The highest BCUT2D eigenvalue weighted by Gasteiger charge is 2.30. The van der Waals surface area contributed by atoms with E-state index >= 15 is 0 Å². The van der Waals surface area contributed by atoms with E-state index in [1.165, 1.54) is 0 Å². The number of aliphatic hydroxyl groups is 2. The van der Waals surface area contributed by atoms with Crippen LogP contribution in [0.5, 0.6) is 11.8 Å². The first-order valence-corrected chi connectivity index (χ1v) is 17.3. The molecule has 6 N–H and O–H groups in total. The SMILES string of the molecule is CCOc1nc(Nc2cnn(C3CCCC3O)c2C)nc2[nH]ccc12.CCOc1nc(Nc2cnn(C3CCCC3O)c2C)nc2[nH]ccc12. The van der Waals surface area contributed by atoms with Crippen LogP contribution in [0.2, 0.25) is 0 Å². The Bertz CT molecular complexity index is 1920. The number of nitrogens with one attached hydrogen (secondary N) is 4. The van der Waals surface area contributed by atoms with E-state index in [0.29, 0.717) is 36.9 Å². The molecule has 6 aromatic heterocycles. The Morgan fingerprint density at radius 2 is 1.14 bits per heavy atom. The number of nitrogens with zero attached hydrogens (tertiary/aromatic N) is 8. The predicted molar refractivity (Wildman–Crippen MR) is 188 cm³/mol. The van der Waals surface area contributed by atoms with Gasteiger partial charge in [0, 0.05) is 12.4 Å². The van der Waals surface area contributed by atoms with Gasteiger partial charge in [-0.2, -0.15) is 30.1 Å². The van der Waals surface area contributed by atoms with Gasteiger partial charge in [-0.1, -0.05) is 0 Å². The topological polar surface area (TPSA) is 202 Å². The lowest BCUT2D eigenvalue weighted by Gasteiger charge is -2.17. The maximum Gasteiger partial charge on any atom is 0.232 e. The van der Waals surface area contributed by atoms with E-state index in [9.17, 15) is 10.2 Å². The number of H-pyrrole nitrogens is 2. The fourth-order valence-corrected chi connectivity index (χ4v) is 6.85. The van der Waals surface area contributed by atoms with Crippen molar-refractivity contribution >= 4 is 45.3 Å². The van der Waals surface area contributed by atoms with Crippen LogP contribution in [-0.2, 0) is 0 Å². The van der Waals surface area contributed by atoms with E-state index in [-0.39, 0.29) is 24.3 Å². The molecule has 0 aliphatic heterocycles. The quantitative estimate of drug-likeness (QED) is 0.108. The lowest BCUT2D eigenvalue weighted by Crippen LogP contribution is -2.20. The van der Waals surface area contributed by atoms with Crippen LogP contribution < -0.4 is 20.1 Å². The van der Waals surface area contributed by atoms with E-state index in [0.717, 1.165) is 83.4 Å². The number of ether oxygens (including phenoxy) is 2. The molecule has 0 aromatic carbocycles. The summed E-state index contributed by atoms with van der Waals surface area (Å²) in [4.78, 5) is 24.1. The van der Waals surface area contributed by atoms with Crippen LogP contribution in [0.4, 0.5) is 23.3 Å². The summed E-state index contributed by atoms with van der Waals surface area (Å²) in [5.41, 5.74) is 5.01. The highest BCUT2D eigenvalue weighted by molar-refractivity contribution is 5.83. The van der Waals surface area contributed by atoms with E-state index in [2.05, 4.69) is 50.7 Å². The summed E-state index contributed by atoms with van der Waals surface area (Å²) < 4.78 is 15.0. The number of anilines is 4. The van der Waals surface area contributed by atoms with Gasteiger partial charge in [-0.15, -0.1) is 0 Å². The van der Waals surface area contributed by atoms with Gasteiger partial charge in [0.2, 0.25) is 23.7 Å². The van der Waals surface area contributed by atoms with E-state index < -0.39 is 0 Å². The Kier molecular flexibility index (Phi) is 9.54. The molecule has 16 nitrogen and oxygen atoms in total. The Labute approximate surface area is 288 Å². The minimum Gasteiger partial charge on any atom is -0.477 e. The number of aromatic nitrogens is 10. The summed E-state index contributed by atoms with van der Waals surface area (Å²) in [6, 6.07) is 3.88. The van der Waals surface area contributed by atoms with E-state index in [1.807, 2.05) is 61.6 Å². The van der Waals surface area contributed by atoms with Crippen LogP contribution in [0.25, 0.3) is 22.1 Å². The highest BCUT2D eigenvalue weighted by atomic mass is 16.5. The van der Waals surface area contributed by atoms with Crippen molar-refractivity contribution in [1.82, 2.24) is 49.5 Å². The molecule has 2 aliphatic rings. The zero-order valence-corrected chi connectivity index (χ0v) is 28.7. The van der Waals surface area contributed by atoms with Crippen LogP contribution in [0, 0.1) is 13.8 Å². The maximum atomic E-state index is 10.1. The summed E-state index contributed by atoms with van der Waals surface area (Å²) in [7, 11) is 0. The van der Waals surface area contributed by atoms with Crippen molar-refractivity contribution in [1.29, 1.82) is 0 Å². The number of hydrogen-bond donors (Lipinski definition) is 6. The molecule has 264 valence electrons. The lowest BCUT2D eigenvalue weighted by atomic mass is 10.2. The Hall–Kier alpha value is -5.22. The van der Waals surface area contributed by atoms with Crippen molar-refractivity contribution in [2.24, 2.45) is 0 Å². The monoisotopic (exact) mass is 684 g/mol. The molecule has 16 heteroatoms. The third-order valence-electron chi connectivity index (χ3n) is 9.42. The Balaban J connectivity index is 0.000000157. The smallest absolute Gasteiger partial charge is 0.232 e. The van der Waals surface area contributed by atoms with Gasteiger partial charge in [0.1, 0.15) is 11.3 Å². The van der Waals surface area contributed by atoms with Gasteiger partial charge < -0.3 is 40.3 Å². The van der Waals surface area contributed by atoms with Gasteiger partial charge in [-0.3, -0.25) is 9.36 Å². The Morgan fingerprint density at radius 1 is 0.700 bits per heavy atom. The van der Waals surface area contributed by atoms with E-state index in [1.54, 1.807) is 12.4 Å². The molecule has 6 heterocycles. The summed E-state index contributed by atoms with van der Waals surface area (Å²) in [5.74, 6) is 2.00. The number of aliphatic hydroxyl groups excluding tert-OH is 2. The summed E-state index contributed by atoms with van der Waals surface area (Å²) in [5, 5.41) is 37.3. The lowest BCUT2D eigenvalue weighted by molar-refractivity contribution is 0.129. The van der Waals surface area contributed by atoms with Crippen LogP contribution in [0.3, 0.4) is 0 Å². The van der Waals surface area contributed by atoms with Crippen molar-refractivity contribution < 1.29 is 19.7 Å². The third-order valence-corrected chi connectivity index (χ3v) is 9.42. The van der Waals surface area contributed by atoms with Crippen LogP contribution in [0.1, 0.15) is 75.8 Å². The molecule has 2 fully saturated rings. The summed E-state index contributed by atoms with van der Waals surface area (Å²) >= 11 is 0. The van der Waals surface area contributed by atoms with Crippen LogP contribution in [0.15, 0.2) is 36.9 Å². The highest BCUT2D eigenvalue weighted by Crippen LogP contribution is 2.34. The van der Waals surface area contributed by atoms with Gasteiger partial charge in [-0.25, -0.2) is 0 Å². The first kappa shape index (κ1) is 33.3. The Morgan fingerprint density at radius 3 is 1.52 bits per heavy atom. The van der Waals surface area contributed by atoms with Crippen LogP contribution in [-0.4, -0.2) is 85.1 Å². The second kappa shape index (κ2) is 14.3. The van der Waals surface area contributed by atoms with Crippen molar-refractivity contribution in [3.8, 4) is 11.8 Å². The van der Waals surface area contributed by atoms with Gasteiger partial charge in [0.15, 0.2) is 0 Å². The largest absolute Gasteiger partial charge is 0.477 e. The average Bonchev–Trinajstić information content (AvgIpc) is 3.96. The van der Waals surface area contributed by atoms with Gasteiger partial charge in [-0.05, 0) is 78.4 Å². The molecule has 2 saturated carbocycles. The second-order valence-corrected chi connectivity index (χ2v) is 12.6. The normalized spacial score (nSPS) is 20.3. The molecule has 0 radical (unpaired) electrons. The number of aromatic amines is 2. The molecule has 0 bridgehead atoms. The number of rotatable bonds is 10. The molecule has 6 aromatic rings. The van der Waals surface area contributed by atoms with Crippen LogP contribution >= 0.6 is 0 Å². The molecule has 4 unspecified atom stereocenters. The first-order chi connectivity index (χ1) is 24.3. The molecule has 4 atom stereocenters. The minimum atomic E-state index is -0.331. The molecule has 0 saturated heterocycles. The number of hydrogen-bond acceptors (Lipinski definition) is 12. The summed E-state index contributed by atoms with van der Waals surface area (Å²) in [6.45, 7) is 8.89.